The highest BCUT2D eigenvalue weighted by atomic mass is 35.5. The molecule has 2 aromatic rings. The first-order valence-corrected chi connectivity index (χ1v) is 8.29. The average Bonchev–Trinajstić information content (AvgIpc) is 2.67. The van der Waals surface area contributed by atoms with Crippen LogP contribution in [0.3, 0.4) is 0 Å². The van der Waals surface area contributed by atoms with E-state index in [0.717, 1.165) is 5.69 Å². The molecule has 114 valence electrons. The molecular weight excluding hydrogens is 312 g/mol. The molecule has 0 amide bonds. The molecule has 0 atom stereocenters. The fourth-order valence-electron chi connectivity index (χ4n) is 2.07. The highest BCUT2D eigenvalue weighted by molar-refractivity contribution is 7.92. The standard InChI is InChI=1S/C13H17ClN4O2S/c1-8(2)18-10(4)12(9(3)16-18)17-21(19,20)11-6-5-7-15-13(11)14/h5-8,17H,1-4H3. The van der Waals surface area contributed by atoms with Crippen LogP contribution < -0.4 is 4.72 Å². The molecule has 0 fully saturated rings. The number of nitrogens with one attached hydrogen (secondary N) is 1. The van der Waals surface area contributed by atoms with Crippen LogP contribution in [-0.4, -0.2) is 23.2 Å². The van der Waals surface area contributed by atoms with Gasteiger partial charge < -0.3 is 0 Å². The molecule has 0 radical (unpaired) electrons. The van der Waals surface area contributed by atoms with Crippen LogP contribution in [0.1, 0.15) is 31.3 Å². The summed E-state index contributed by atoms with van der Waals surface area (Å²) in [6.45, 7) is 7.54. The fourth-order valence-corrected chi connectivity index (χ4v) is 3.70. The van der Waals surface area contributed by atoms with Crippen molar-refractivity contribution in [3.05, 3.63) is 34.9 Å². The monoisotopic (exact) mass is 328 g/mol. The van der Waals surface area contributed by atoms with Crippen molar-refractivity contribution in [2.24, 2.45) is 0 Å². The Morgan fingerprint density at radius 1 is 1.33 bits per heavy atom. The number of aromatic nitrogens is 3. The number of aryl methyl sites for hydroxylation is 1. The zero-order valence-corrected chi connectivity index (χ0v) is 13.8. The van der Waals surface area contributed by atoms with Gasteiger partial charge in [0, 0.05) is 12.2 Å². The molecule has 2 aromatic heterocycles. The highest BCUT2D eigenvalue weighted by Crippen LogP contribution is 2.27. The number of pyridine rings is 1. The number of hydrogen-bond donors (Lipinski definition) is 1. The SMILES string of the molecule is Cc1nn(C(C)C)c(C)c1NS(=O)(=O)c1cccnc1Cl. The molecule has 0 saturated carbocycles. The summed E-state index contributed by atoms with van der Waals surface area (Å²) in [6, 6.07) is 3.08. The van der Waals surface area contributed by atoms with Crippen LogP contribution in [0.15, 0.2) is 23.2 Å². The van der Waals surface area contributed by atoms with E-state index < -0.39 is 10.0 Å². The number of sulfonamides is 1. The third kappa shape index (κ3) is 3.03. The van der Waals surface area contributed by atoms with E-state index in [1.165, 1.54) is 18.3 Å². The van der Waals surface area contributed by atoms with Gasteiger partial charge >= 0.3 is 0 Å². The van der Waals surface area contributed by atoms with E-state index in [2.05, 4.69) is 14.8 Å². The Morgan fingerprint density at radius 3 is 2.52 bits per heavy atom. The van der Waals surface area contributed by atoms with Gasteiger partial charge in [-0.2, -0.15) is 5.10 Å². The molecule has 6 nitrogen and oxygen atoms in total. The highest BCUT2D eigenvalue weighted by Gasteiger charge is 2.23. The smallest absolute Gasteiger partial charge is 0.265 e. The first kappa shape index (κ1) is 15.8. The van der Waals surface area contributed by atoms with Crippen molar-refractivity contribution < 1.29 is 8.42 Å². The van der Waals surface area contributed by atoms with Crippen LogP contribution in [0.25, 0.3) is 0 Å². The largest absolute Gasteiger partial charge is 0.276 e. The lowest BCUT2D eigenvalue weighted by atomic mass is 10.3. The zero-order valence-electron chi connectivity index (χ0n) is 12.3. The van der Waals surface area contributed by atoms with Crippen molar-refractivity contribution in [2.75, 3.05) is 4.72 Å². The molecule has 2 heterocycles. The van der Waals surface area contributed by atoms with E-state index in [0.29, 0.717) is 11.4 Å². The van der Waals surface area contributed by atoms with E-state index in [-0.39, 0.29) is 16.1 Å². The maximum Gasteiger partial charge on any atom is 0.265 e. The van der Waals surface area contributed by atoms with E-state index in [1.807, 2.05) is 20.8 Å². The summed E-state index contributed by atoms with van der Waals surface area (Å²) < 4.78 is 29.2. The summed E-state index contributed by atoms with van der Waals surface area (Å²) >= 11 is 5.86. The Morgan fingerprint density at radius 2 is 2.00 bits per heavy atom. The summed E-state index contributed by atoms with van der Waals surface area (Å²) in [5.41, 5.74) is 1.85. The normalized spacial score (nSPS) is 11.9. The Kier molecular flexibility index (Phi) is 4.25. The minimum atomic E-state index is -3.80. The predicted octanol–water partition coefficient (Wildman–Crippen LogP) is 2.93. The Hall–Kier alpha value is -1.60. The van der Waals surface area contributed by atoms with Crippen LogP contribution >= 0.6 is 11.6 Å². The maximum atomic E-state index is 12.4. The van der Waals surface area contributed by atoms with Crippen molar-refractivity contribution >= 4 is 27.3 Å². The summed E-state index contributed by atoms with van der Waals surface area (Å²) in [5, 5.41) is 4.29. The first-order chi connectivity index (χ1) is 9.74. The van der Waals surface area contributed by atoms with Crippen molar-refractivity contribution in [3.63, 3.8) is 0 Å². The number of rotatable bonds is 4. The van der Waals surface area contributed by atoms with Crippen molar-refractivity contribution in [1.29, 1.82) is 0 Å². The minimum Gasteiger partial charge on any atom is -0.276 e. The van der Waals surface area contributed by atoms with E-state index in [4.69, 9.17) is 11.6 Å². The number of hydrogen-bond acceptors (Lipinski definition) is 4. The lowest BCUT2D eigenvalue weighted by Gasteiger charge is -2.11. The van der Waals surface area contributed by atoms with Gasteiger partial charge in [-0.3, -0.25) is 9.40 Å². The Balaban J connectivity index is 2.45. The van der Waals surface area contributed by atoms with Gasteiger partial charge in [-0.05, 0) is 39.8 Å². The Bertz CT molecular complexity index is 768. The second kappa shape index (κ2) is 5.65. The van der Waals surface area contributed by atoms with Gasteiger partial charge in [-0.25, -0.2) is 13.4 Å². The summed E-state index contributed by atoms with van der Waals surface area (Å²) in [7, 11) is -3.80. The van der Waals surface area contributed by atoms with Crippen LogP contribution in [-0.2, 0) is 10.0 Å². The van der Waals surface area contributed by atoms with Gasteiger partial charge in [-0.15, -0.1) is 0 Å². The molecule has 0 saturated heterocycles. The quantitative estimate of drug-likeness (QED) is 0.875. The lowest BCUT2D eigenvalue weighted by Crippen LogP contribution is -2.15. The minimum absolute atomic E-state index is 0.0530. The summed E-state index contributed by atoms with van der Waals surface area (Å²) in [6.07, 6.45) is 1.44. The molecule has 0 aliphatic rings. The molecule has 0 aromatic carbocycles. The average molecular weight is 329 g/mol. The van der Waals surface area contributed by atoms with Gasteiger partial charge in [0.2, 0.25) is 0 Å². The molecule has 0 aliphatic heterocycles. The summed E-state index contributed by atoms with van der Waals surface area (Å²) in [5.74, 6) is 0. The number of nitrogens with zero attached hydrogens (tertiary/aromatic N) is 3. The van der Waals surface area contributed by atoms with E-state index in [1.54, 1.807) is 11.6 Å². The third-order valence-corrected chi connectivity index (χ3v) is 4.86. The Labute approximate surface area is 129 Å². The van der Waals surface area contributed by atoms with E-state index in [9.17, 15) is 8.42 Å². The molecular formula is C13H17ClN4O2S. The third-order valence-electron chi connectivity index (χ3n) is 3.06. The van der Waals surface area contributed by atoms with E-state index >= 15 is 0 Å². The molecule has 0 bridgehead atoms. The van der Waals surface area contributed by atoms with Crippen molar-refractivity contribution in [3.8, 4) is 0 Å². The van der Waals surface area contributed by atoms with Gasteiger partial charge in [0.15, 0.2) is 0 Å². The predicted molar refractivity (Wildman–Crippen MR) is 82.1 cm³/mol. The topological polar surface area (TPSA) is 76.9 Å². The lowest BCUT2D eigenvalue weighted by molar-refractivity contribution is 0.516. The van der Waals surface area contributed by atoms with Gasteiger partial charge in [0.25, 0.3) is 10.0 Å². The molecule has 8 heteroatoms. The van der Waals surface area contributed by atoms with Crippen LogP contribution in [0.5, 0.6) is 0 Å². The van der Waals surface area contributed by atoms with Crippen LogP contribution in [0.4, 0.5) is 5.69 Å². The molecule has 1 N–H and O–H groups in total. The molecule has 0 spiro atoms. The van der Waals surface area contributed by atoms with Crippen LogP contribution in [0, 0.1) is 13.8 Å². The number of halogens is 1. The second-order valence-corrected chi connectivity index (χ2v) is 6.99. The molecule has 2 rings (SSSR count). The van der Waals surface area contributed by atoms with Crippen LogP contribution in [0.2, 0.25) is 5.15 Å². The fraction of sp³-hybridized carbons (Fsp3) is 0.385. The van der Waals surface area contributed by atoms with Gasteiger partial charge in [-0.1, -0.05) is 11.6 Å². The van der Waals surface area contributed by atoms with Crippen molar-refractivity contribution in [1.82, 2.24) is 14.8 Å². The van der Waals surface area contributed by atoms with Gasteiger partial charge in [0.1, 0.15) is 10.0 Å². The molecule has 0 unspecified atom stereocenters. The number of anilines is 1. The summed E-state index contributed by atoms with van der Waals surface area (Å²) in [4.78, 5) is 3.74. The van der Waals surface area contributed by atoms with Crippen molar-refractivity contribution in [2.45, 2.75) is 38.6 Å². The maximum absolute atomic E-state index is 12.4. The molecule has 0 aliphatic carbocycles. The molecule has 21 heavy (non-hydrogen) atoms. The van der Waals surface area contributed by atoms with Gasteiger partial charge in [0.05, 0.1) is 17.1 Å². The zero-order chi connectivity index (χ0) is 15.8. The second-order valence-electron chi connectivity index (χ2n) is 4.98. The first-order valence-electron chi connectivity index (χ1n) is 6.43.